The Hall–Kier alpha value is -1.92. The van der Waals surface area contributed by atoms with E-state index < -0.39 is 18.4 Å². The minimum absolute atomic E-state index is 0.260. The molecule has 0 amide bonds. The second kappa shape index (κ2) is 4.99. The van der Waals surface area contributed by atoms with E-state index >= 15 is 0 Å². The van der Waals surface area contributed by atoms with Crippen molar-refractivity contribution in [1.82, 2.24) is 0 Å². The molecule has 1 atom stereocenters. The largest absolute Gasteiger partial charge is 0.573 e. The van der Waals surface area contributed by atoms with Crippen molar-refractivity contribution in [3.05, 3.63) is 23.8 Å². The Morgan fingerprint density at radius 3 is 2.84 bits per heavy atom. The molecule has 19 heavy (non-hydrogen) atoms. The monoisotopic (exact) mass is 275 g/mol. The Morgan fingerprint density at radius 1 is 1.47 bits per heavy atom. The van der Waals surface area contributed by atoms with Crippen molar-refractivity contribution in [3.63, 3.8) is 0 Å². The third-order valence-electron chi connectivity index (χ3n) is 2.64. The number of rotatable bonds is 3. The summed E-state index contributed by atoms with van der Waals surface area (Å²) in [5.41, 5.74) is 1.22. The number of hydrogen-bond donors (Lipinski definition) is 1. The number of alkyl halides is 3. The lowest BCUT2D eigenvalue weighted by Crippen LogP contribution is -2.28. The van der Waals surface area contributed by atoms with Crippen molar-refractivity contribution >= 4 is 11.7 Å². The van der Waals surface area contributed by atoms with Gasteiger partial charge in [0.1, 0.15) is 11.8 Å². The molecule has 2 rings (SSSR count). The Bertz CT molecular complexity index is 488. The zero-order valence-corrected chi connectivity index (χ0v) is 10.1. The van der Waals surface area contributed by atoms with Gasteiger partial charge in [0.05, 0.1) is 6.61 Å². The van der Waals surface area contributed by atoms with E-state index in [0.717, 1.165) is 0 Å². The Balaban J connectivity index is 2.09. The predicted molar refractivity (Wildman–Crippen MR) is 60.9 cm³/mol. The smallest absolute Gasteiger partial charge is 0.464 e. The zero-order chi connectivity index (χ0) is 14.0. The molecule has 0 saturated carbocycles. The molecule has 0 aliphatic carbocycles. The van der Waals surface area contributed by atoms with Gasteiger partial charge < -0.3 is 14.8 Å². The maximum atomic E-state index is 12.1. The summed E-state index contributed by atoms with van der Waals surface area (Å²) in [6.07, 6.45) is -4.44. The van der Waals surface area contributed by atoms with Gasteiger partial charge in [0, 0.05) is 12.1 Å². The summed E-state index contributed by atoms with van der Waals surface area (Å²) < 4.78 is 44.9. The average Bonchev–Trinajstić information content (AvgIpc) is 2.70. The van der Waals surface area contributed by atoms with Crippen molar-refractivity contribution in [1.29, 1.82) is 0 Å². The molecule has 0 radical (unpaired) electrons. The molecule has 1 aliphatic heterocycles. The van der Waals surface area contributed by atoms with Crippen molar-refractivity contribution in [2.45, 2.75) is 25.7 Å². The van der Waals surface area contributed by atoms with Crippen molar-refractivity contribution in [3.8, 4) is 5.75 Å². The Kier molecular flexibility index (Phi) is 3.55. The highest BCUT2D eigenvalue weighted by molar-refractivity contribution is 5.83. The van der Waals surface area contributed by atoms with Crippen LogP contribution in [-0.4, -0.2) is 25.0 Å². The first-order chi connectivity index (χ1) is 8.89. The van der Waals surface area contributed by atoms with Gasteiger partial charge in [-0.3, -0.25) is 0 Å². The number of benzene rings is 1. The lowest BCUT2D eigenvalue weighted by Gasteiger charge is -2.09. The molecule has 4 nitrogen and oxygen atoms in total. The van der Waals surface area contributed by atoms with Gasteiger partial charge in [-0.15, -0.1) is 13.2 Å². The maximum absolute atomic E-state index is 12.1. The molecule has 1 aromatic carbocycles. The molecule has 0 spiro atoms. The van der Waals surface area contributed by atoms with Gasteiger partial charge in [0.15, 0.2) is 0 Å². The van der Waals surface area contributed by atoms with Crippen LogP contribution in [0.3, 0.4) is 0 Å². The van der Waals surface area contributed by atoms with Crippen molar-refractivity contribution in [2.24, 2.45) is 0 Å². The highest BCUT2D eigenvalue weighted by Crippen LogP contribution is 2.32. The van der Waals surface area contributed by atoms with Crippen LogP contribution in [0.2, 0.25) is 0 Å². The lowest BCUT2D eigenvalue weighted by molar-refractivity contribution is -0.274. The molecule has 1 N–H and O–H groups in total. The van der Waals surface area contributed by atoms with Gasteiger partial charge in [-0.2, -0.15) is 0 Å². The average molecular weight is 275 g/mol. The molecular weight excluding hydrogens is 263 g/mol. The van der Waals surface area contributed by atoms with E-state index in [2.05, 4.69) is 10.1 Å². The molecular formula is C12H12F3NO3. The number of nitrogens with one attached hydrogen (secondary N) is 1. The molecule has 0 bridgehead atoms. The van der Waals surface area contributed by atoms with Crippen LogP contribution >= 0.6 is 0 Å². The minimum atomic E-state index is -4.72. The van der Waals surface area contributed by atoms with E-state index in [4.69, 9.17) is 4.74 Å². The van der Waals surface area contributed by atoms with E-state index in [1.165, 1.54) is 18.2 Å². The van der Waals surface area contributed by atoms with E-state index in [9.17, 15) is 18.0 Å². The van der Waals surface area contributed by atoms with Gasteiger partial charge in [0.25, 0.3) is 0 Å². The van der Waals surface area contributed by atoms with Crippen LogP contribution in [0, 0.1) is 0 Å². The van der Waals surface area contributed by atoms with Crippen LogP contribution in [-0.2, 0) is 16.0 Å². The summed E-state index contributed by atoms with van der Waals surface area (Å²) >= 11 is 0. The number of esters is 1. The van der Waals surface area contributed by atoms with Crippen molar-refractivity contribution < 1.29 is 27.4 Å². The predicted octanol–water partition coefficient (Wildman–Crippen LogP) is 2.48. The molecule has 1 aliphatic rings. The lowest BCUT2D eigenvalue weighted by atomic mass is 10.1. The first-order valence-electron chi connectivity index (χ1n) is 5.71. The van der Waals surface area contributed by atoms with E-state index in [-0.39, 0.29) is 18.8 Å². The van der Waals surface area contributed by atoms with E-state index in [1.54, 1.807) is 6.92 Å². The standard InChI is InChI=1S/C12H12F3NO3/c1-2-18-11(17)10-6-7-5-8(19-12(13,14)15)3-4-9(7)16-10/h3-5,10,16H,2,6H2,1H3. The van der Waals surface area contributed by atoms with Gasteiger partial charge >= 0.3 is 12.3 Å². The fraction of sp³-hybridized carbons (Fsp3) is 0.417. The number of fused-ring (bicyclic) bond motifs is 1. The second-order valence-corrected chi connectivity index (χ2v) is 4.02. The summed E-state index contributed by atoms with van der Waals surface area (Å²) in [5, 5.41) is 2.90. The summed E-state index contributed by atoms with van der Waals surface area (Å²) in [6.45, 7) is 1.95. The zero-order valence-electron chi connectivity index (χ0n) is 10.1. The minimum Gasteiger partial charge on any atom is -0.464 e. The van der Waals surface area contributed by atoms with Gasteiger partial charge in [-0.25, -0.2) is 4.79 Å². The number of hydrogen-bond acceptors (Lipinski definition) is 4. The highest BCUT2D eigenvalue weighted by atomic mass is 19.4. The van der Waals surface area contributed by atoms with Crippen LogP contribution in [0.4, 0.5) is 18.9 Å². The maximum Gasteiger partial charge on any atom is 0.573 e. The number of carbonyl (C=O) groups is 1. The third kappa shape index (κ3) is 3.30. The number of ether oxygens (including phenoxy) is 2. The van der Waals surface area contributed by atoms with Crippen LogP contribution in [0.1, 0.15) is 12.5 Å². The molecule has 7 heteroatoms. The van der Waals surface area contributed by atoms with Crippen LogP contribution in [0.5, 0.6) is 5.75 Å². The van der Waals surface area contributed by atoms with Gasteiger partial charge in [-0.05, 0) is 30.7 Å². The molecule has 1 heterocycles. The third-order valence-corrected chi connectivity index (χ3v) is 2.64. The van der Waals surface area contributed by atoms with Gasteiger partial charge in [0.2, 0.25) is 0 Å². The van der Waals surface area contributed by atoms with Crippen LogP contribution < -0.4 is 10.1 Å². The highest BCUT2D eigenvalue weighted by Gasteiger charge is 2.33. The molecule has 1 aromatic rings. The van der Waals surface area contributed by atoms with Gasteiger partial charge in [-0.1, -0.05) is 0 Å². The first-order valence-corrected chi connectivity index (χ1v) is 5.71. The second-order valence-electron chi connectivity index (χ2n) is 4.02. The quantitative estimate of drug-likeness (QED) is 0.861. The summed E-state index contributed by atoms with van der Waals surface area (Å²) in [6, 6.07) is 3.37. The summed E-state index contributed by atoms with van der Waals surface area (Å²) in [7, 11) is 0. The first kappa shape index (κ1) is 13.5. The summed E-state index contributed by atoms with van der Waals surface area (Å²) in [4.78, 5) is 11.5. The number of anilines is 1. The van der Waals surface area contributed by atoms with Crippen molar-refractivity contribution in [2.75, 3.05) is 11.9 Å². The Morgan fingerprint density at radius 2 is 2.21 bits per heavy atom. The molecule has 104 valence electrons. The summed E-state index contributed by atoms with van der Waals surface area (Å²) in [5.74, 6) is -0.713. The van der Waals surface area contributed by atoms with Crippen LogP contribution in [0.25, 0.3) is 0 Å². The topological polar surface area (TPSA) is 47.6 Å². The normalized spacial score (nSPS) is 17.6. The van der Waals surface area contributed by atoms with E-state index in [1.807, 2.05) is 0 Å². The molecule has 0 saturated heterocycles. The molecule has 0 aromatic heterocycles. The Labute approximate surface area is 107 Å². The number of halogens is 3. The molecule has 0 fully saturated rings. The fourth-order valence-corrected chi connectivity index (χ4v) is 1.92. The van der Waals surface area contributed by atoms with E-state index in [0.29, 0.717) is 11.3 Å². The SMILES string of the molecule is CCOC(=O)C1Cc2cc(OC(F)(F)F)ccc2N1. The molecule has 1 unspecified atom stereocenters. The van der Waals surface area contributed by atoms with Crippen LogP contribution in [0.15, 0.2) is 18.2 Å². The fourth-order valence-electron chi connectivity index (χ4n) is 1.92. The number of carbonyl (C=O) groups excluding carboxylic acids is 1.